The van der Waals surface area contributed by atoms with Gasteiger partial charge in [0.15, 0.2) is 0 Å². The van der Waals surface area contributed by atoms with Crippen LogP contribution in [0.2, 0.25) is 0 Å². The van der Waals surface area contributed by atoms with Gasteiger partial charge in [-0.2, -0.15) is 0 Å². The Balaban J connectivity index is 1.82. The van der Waals surface area contributed by atoms with Gasteiger partial charge < -0.3 is 15.8 Å². The molecule has 1 saturated carbocycles. The van der Waals surface area contributed by atoms with E-state index in [-0.39, 0.29) is 17.9 Å². The third-order valence-electron chi connectivity index (χ3n) is 4.64. The molecule has 0 aromatic carbocycles. The van der Waals surface area contributed by atoms with Crippen LogP contribution in [0, 0.1) is 17.8 Å². The monoisotopic (exact) mass is 254 g/mol. The standard InChI is InChI=1S/C14H26N2O2/c1-10(11-5-7-18-8-6-11)16-14(17)13-4-2-3-12(13)9-15/h10-13H,2-9,15H2,1H3,(H,16,17). The molecule has 0 radical (unpaired) electrons. The average Bonchev–Trinajstić information content (AvgIpc) is 2.88. The first kappa shape index (κ1) is 13.8. The lowest BCUT2D eigenvalue weighted by Crippen LogP contribution is -2.44. The summed E-state index contributed by atoms with van der Waals surface area (Å²) in [5, 5.41) is 3.21. The SMILES string of the molecule is CC(NC(=O)C1CCCC1CN)C1CCOCC1. The van der Waals surface area contributed by atoms with Crippen molar-refractivity contribution >= 4 is 5.91 Å². The summed E-state index contributed by atoms with van der Waals surface area (Å²) in [4.78, 5) is 12.3. The third kappa shape index (κ3) is 3.23. The molecule has 0 bridgehead atoms. The lowest BCUT2D eigenvalue weighted by molar-refractivity contribution is -0.127. The fourth-order valence-corrected chi connectivity index (χ4v) is 3.33. The van der Waals surface area contributed by atoms with E-state index < -0.39 is 0 Å². The molecule has 18 heavy (non-hydrogen) atoms. The summed E-state index contributed by atoms with van der Waals surface area (Å²) < 4.78 is 5.36. The van der Waals surface area contributed by atoms with Crippen LogP contribution >= 0.6 is 0 Å². The molecule has 0 spiro atoms. The fourth-order valence-electron chi connectivity index (χ4n) is 3.33. The Bertz CT molecular complexity index is 277. The minimum Gasteiger partial charge on any atom is -0.381 e. The van der Waals surface area contributed by atoms with Crippen molar-refractivity contribution in [3.05, 3.63) is 0 Å². The number of carbonyl (C=O) groups is 1. The van der Waals surface area contributed by atoms with Gasteiger partial charge in [-0.3, -0.25) is 4.79 Å². The van der Waals surface area contributed by atoms with Crippen molar-refractivity contribution in [1.29, 1.82) is 0 Å². The smallest absolute Gasteiger partial charge is 0.223 e. The van der Waals surface area contributed by atoms with E-state index in [1.54, 1.807) is 0 Å². The van der Waals surface area contributed by atoms with E-state index in [9.17, 15) is 4.79 Å². The van der Waals surface area contributed by atoms with E-state index in [0.29, 0.717) is 18.4 Å². The average molecular weight is 254 g/mol. The highest BCUT2D eigenvalue weighted by atomic mass is 16.5. The molecule has 3 N–H and O–H groups in total. The van der Waals surface area contributed by atoms with Crippen LogP contribution in [0.3, 0.4) is 0 Å². The quantitative estimate of drug-likeness (QED) is 0.794. The summed E-state index contributed by atoms with van der Waals surface area (Å²) in [6.07, 6.45) is 5.39. The van der Waals surface area contributed by atoms with E-state index in [1.807, 2.05) is 0 Å². The molecule has 2 fully saturated rings. The Morgan fingerprint density at radius 3 is 2.72 bits per heavy atom. The predicted octanol–water partition coefficient (Wildman–Crippen LogP) is 1.29. The molecule has 4 heteroatoms. The van der Waals surface area contributed by atoms with Crippen LogP contribution in [-0.2, 0) is 9.53 Å². The van der Waals surface area contributed by atoms with Gasteiger partial charge in [0.1, 0.15) is 0 Å². The van der Waals surface area contributed by atoms with Crippen LogP contribution in [0.25, 0.3) is 0 Å². The van der Waals surface area contributed by atoms with Crippen LogP contribution in [-0.4, -0.2) is 31.7 Å². The molecule has 2 rings (SSSR count). The molecular weight excluding hydrogens is 228 g/mol. The van der Waals surface area contributed by atoms with Gasteiger partial charge in [0.25, 0.3) is 0 Å². The molecule has 1 saturated heterocycles. The topological polar surface area (TPSA) is 64.4 Å². The third-order valence-corrected chi connectivity index (χ3v) is 4.64. The number of rotatable bonds is 4. The van der Waals surface area contributed by atoms with Gasteiger partial charge in [0.2, 0.25) is 5.91 Å². The lowest BCUT2D eigenvalue weighted by atomic mass is 9.91. The van der Waals surface area contributed by atoms with Gasteiger partial charge in [-0.1, -0.05) is 6.42 Å². The summed E-state index contributed by atoms with van der Waals surface area (Å²) in [6, 6.07) is 0.264. The van der Waals surface area contributed by atoms with E-state index in [4.69, 9.17) is 10.5 Å². The second-order valence-electron chi connectivity index (χ2n) is 5.78. The lowest BCUT2D eigenvalue weighted by Gasteiger charge is -2.30. The zero-order valence-electron chi connectivity index (χ0n) is 11.4. The van der Waals surface area contributed by atoms with Crippen molar-refractivity contribution in [2.75, 3.05) is 19.8 Å². The molecule has 1 aliphatic heterocycles. The highest BCUT2D eigenvalue weighted by Crippen LogP contribution is 2.31. The van der Waals surface area contributed by atoms with E-state index >= 15 is 0 Å². The summed E-state index contributed by atoms with van der Waals surface area (Å²) >= 11 is 0. The minimum atomic E-state index is 0.150. The maximum atomic E-state index is 12.3. The van der Waals surface area contributed by atoms with Crippen LogP contribution in [0.15, 0.2) is 0 Å². The van der Waals surface area contributed by atoms with Crippen molar-refractivity contribution in [3.8, 4) is 0 Å². The Morgan fingerprint density at radius 2 is 2.06 bits per heavy atom. The molecule has 0 aromatic rings. The van der Waals surface area contributed by atoms with Crippen molar-refractivity contribution in [2.24, 2.45) is 23.5 Å². The molecule has 1 aliphatic carbocycles. The molecule has 3 atom stereocenters. The molecule has 1 heterocycles. The van der Waals surface area contributed by atoms with E-state index in [0.717, 1.165) is 45.3 Å². The number of amides is 1. The Morgan fingerprint density at radius 1 is 1.33 bits per heavy atom. The molecule has 4 nitrogen and oxygen atoms in total. The Labute approximate surface area is 110 Å². The Kier molecular flexibility index (Phi) is 5.01. The van der Waals surface area contributed by atoms with Crippen LogP contribution in [0.1, 0.15) is 39.0 Å². The molecule has 3 unspecified atom stereocenters. The number of hydrogen-bond acceptors (Lipinski definition) is 3. The highest BCUT2D eigenvalue weighted by Gasteiger charge is 2.33. The van der Waals surface area contributed by atoms with Crippen molar-refractivity contribution in [3.63, 3.8) is 0 Å². The second-order valence-corrected chi connectivity index (χ2v) is 5.78. The van der Waals surface area contributed by atoms with Crippen molar-refractivity contribution in [1.82, 2.24) is 5.32 Å². The Hall–Kier alpha value is -0.610. The summed E-state index contributed by atoms with van der Waals surface area (Å²) in [6.45, 7) is 4.43. The summed E-state index contributed by atoms with van der Waals surface area (Å²) in [5.41, 5.74) is 5.74. The van der Waals surface area contributed by atoms with E-state index in [2.05, 4.69) is 12.2 Å². The van der Waals surface area contributed by atoms with Crippen LogP contribution in [0.5, 0.6) is 0 Å². The normalized spacial score (nSPS) is 31.2. The van der Waals surface area contributed by atoms with Gasteiger partial charge in [-0.05, 0) is 51.0 Å². The van der Waals surface area contributed by atoms with E-state index in [1.165, 1.54) is 0 Å². The first-order valence-corrected chi connectivity index (χ1v) is 7.30. The second kappa shape index (κ2) is 6.53. The number of hydrogen-bond donors (Lipinski definition) is 2. The number of nitrogens with one attached hydrogen (secondary N) is 1. The summed E-state index contributed by atoms with van der Waals surface area (Å²) in [5.74, 6) is 1.34. The van der Waals surface area contributed by atoms with Gasteiger partial charge in [-0.15, -0.1) is 0 Å². The maximum Gasteiger partial charge on any atom is 0.223 e. The first-order chi connectivity index (χ1) is 8.72. The fraction of sp³-hybridized carbons (Fsp3) is 0.929. The van der Waals surface area contributed by atoms with Gasteiger partial charge >= 0.3 is 0 Å². The minimum absolute atomic E-state index is 0.150. The van der Waals surface area contributed by atoms with Crippen LogP contribution in [0.4, 0.5) is 0 Å². The zero-order valence-corrected chi connectivity index (χ0v) is 11.4. The van der Waals surface area contributed by atoms with Crippen molar-refractivity contribution < 1.29 is 9.53 Å². The van der Waals surface area contributed by atoms with Gasteiger partial charge in [-0.25, -0.2) is 0 Å². The predicted molar refractivity (Wildman–Crippen MR) is 71.0 cm³/mol. The molecular formula is C14H26N2O2. The summed E-state index contributed by atoms with van der Waals surface area (Å²) in [7, 11) is 0. The number of carbonyl (C=O) groups excluding carboxylic acids is 1. The largest absolute Gasteiger partial charge is 0.381 e. The van der Waals surface area contributed by atoms with Gasteiger partial charge in [0, 0.05) is 25.2 Å². The van der Waals surface area contributed by atoms with Crippen LogP contribution < -0.4 is 11.1 Å². The van der Waals surface area contributed by atoms with Gasteiger partial charge in [0.05, 0.1) is 0 Å². The molecule has 104 valence electrons. The first-order valence-electron chi connectivity index (χ1n) is 7.30. The molecule has 2 aliphatic rings. The highest BCUT2D eigenvalue weighted by molar-refractivity contribution is 5.79. The number of ether oxygens (including phenoxy) is 1. The molecule has 0 aromatic heterocycles. The number of nitrogens with two attached hydrogens (primary N) is 1. The molecule has 1 amide bonds. The van der Waals surface area contributed by atoms with Crippen molar-refractivity contribution in [2.45, 2.75) is 45.1 Å². The maximum absolute atomic E-state index is 12.3. The zero-order chi connectivity index (χ0) is 13.0.